The molecule has 0 aliphatic carbocycles. The van der Waals surface area contributed by atoms with Gasteiger partial charge in [0.05, 0.1) is 12.2 Å². The molecular weight excluding hydrogens is 304 g/mol. The lowest BCUT2D eigenvalue weighted by Crippen LogP contribution is -2.25. The number of hydrogen-bond acceptors (Lipinski definition) is 4. The van der Waals surface area contributed by atoms with Gasteiger partial charge in [0.15, 0.2) is 0 Å². The van der Waals surface area contributed by atoms with Gasteiger partial charge in [-0.05, 0) is 41.1 Å². The number of rotatable bonds is 5. The highest BCUT2D eigenvalue weighted by atomic mass is 79.9. The van der Waals surface area contributed by atoms with Gasteiger partial charge in [0.25, 0.3) is 0 Å². The third-order valence-corrected chi connectivity index (χ3v) is 3.32. The predicted molar refractivity (Wildman–Crippen MR) is 80.8 cm³/mol. The molecule has 2 aromatic heterocycles. The number of aromatic nitrogens is 2. The zero-order valence-corrected chi connectivity index (χ0v) is 12.5. The zero-order valence-electron chi connectivity index (χ0n) is 10.9. The molecule has 0 spiro atoms. The lowest BCUT2D eigenvalue weighted by molar-refractivity contribution is 0.783. The summed E-state index contributed by atoms with van der Waals surface area (Å²) >= 11 is 3.43. The summed E-state index contributed by atoms with van der Waals surface area (Å²) in [7, 11) is 0. The standard InChI is InChI=1S/C14H17BrN4/c1-2-19(10-13-5-3-4-6-17-13)14-11(8-16)7-12(15)9-18-14/h3-7,9H,2,8,10,16H2,1H3. The third-order valence-electron chi connectivity index (χ3n) is 2.89. The van der Waals surface area contributed by atoms with Crippen molar-refractivity contribution in [2.75, 3.05) is 11.4 Å². The Morgan fingerprint density at radius 2 is 2.16 bits per heavy atom. The van der Waals surface area contributed by atoms with Crippen LogP contribution in [0.3, 0.4) is 0 Å². The molecule has 4 nitrogen and oxygen atoms in total. The first-order chi connectivity index (χ1) is 9.24. The Morgan fingerprint density at radius 1 is 1.32 bits per heavy atom. The predicted octanol–water partition coefficient (Wildman–Crippen LogP) is 2.72. The van der Waals surface area contributed by atoms with Crippen LogP contribution in [0.15, 0.2) is 41.1 Å². The van der Waals surface area contributed by atoms with Crippen molar-refractivity contribution in [3.05, 3.63) is 52.4 Å². The van der Waals surface area contributed by atoms with Crippen molar-refractivity contribution in [1.82, 2.24) is 9.97 Å². The second-order valence-corrected chi connectivity index (χ2v) is 5.09. The Labute approximate surface area is 121 Å². The molecule has 2 rings (SSSR count). The normalized spacial score (nSPS) is 10.5. The second-order valence-electron chi connectivity index (χ2n) is 4.18. The van der Waals surface area contributed by atoms with Crippen LogP contribution in [0.5, 0.6) is 0 Å². The monoisotopic (exact) mass is 320 g/mol. The molecule has 0 amide bonds. The molecule has 2 aromatic rings. The summed E-state index contributed by atoms with van der Waals surface area (Å²) in [6.45, 7) is 4.17. The van der Waals surface area contributed by atoms with Gasteiger partial charge in [-0.1, -0.05) is 6.07 Å². The maximum Gasteiger partial charge on any atom is 0.133 e. The molecule has 0 radical (unpaired) electrons. The van der Waals surface area contributed by atoms with Crippen molar-refractivity contribution >= 4 is 21.7 Å². The first-order valence-electron chi connectivity index (χ1n) is 6.24. The summed E-state index contributed by atoms with van der Waals surface area (Å²) in [6, 6.07) is 7.95. The molecule has 0 aliphatic heterocycles. The quantitative estimate of drug-likeness (QED) is 0.920. The van der Waals surface area contributed by atoms with E-state index in [0.29, 0.717) is 6.54 Å². The van der Waals surface area contributed by atoms with E-state index in [-0.39, 0.29) is 0 Å². The fourth-order valence-corrected chi connectivity index (χ4v) is 2.31. The van der Waals surface area contributed by atoms with Gasteiger partial charge in [-0.15, -0.1) is 0 Å². The Balaban J connectivity index is 2.27. The van der Waals surface area contributed by atoms with Crippen molar-refractivity contribution in [3.63, 3.8) is 0 Å². The van der Waals surface area contributed by atoms with Crippen LogP contribution in [0.2, 0.25) is 0 Å². The summed E-state index contributed by atoms with van der Waals surface area (Å²) < 4.78 is 0.950. The second kappa shape index (κ2) is 6.63. The SMILES string of the molecule is CCN(Cc1ccccn1)c1ncc(Br)cc1CN. The molecule has 19 heavy (non-hydrogen) atoms. The minimum Gasteiger partial charge on any atom is -0.351 e. The highest BCUT2D eigenvalue weighted by Gasteiger charge is 2.12. The van der Waals surface area contributed by atoms with Gasteiger partial charge < -0.3 is 10.6 Å². The van der Waals surface area contributed by atoms with Crippen LogP contribution >= 0.6 is 15.9 Å². The van der Waals surface area contributed by atoms with Gasteiger partial charge in [-0.25, -0.2) is 4.98 Å². The zero-order chi connectivity index (χ0) is 13.7. The summed E-state index contributed by atoms with van der Waals surface area (Å²) in [5.41, 5.74) is 7.86. The van der Waals surface area contributed by atoms with Crippen LogP contribution in [-0.4, -0.2) is 16.5 Å². The topological polar surface area (TPSA) is 55.0 Å². The summed E-state index contributed by atoms with van der Waals surface area (Å²) in [5, 5.41) is 0. The minimum atomic E-state index is 0.473. The van der Waals surface area contributed by atoms with E-state index in [1.807, 2.05) is 30.5 Å². The van der Waals surface area contributed by atoms with Crippen LogP contribution in [0.4, 0.5) is 5.82 Å². The van der Waals surface area contributed by atoms with Gasteiger partial charge in [0.1, 0.15) is 5.82 Å². The Morgan fingerprint density at radius 3 is 2.79 bits per heavy atom. The lowest BCUT2D eigenvalue weighted by Gasteiger charge is -2.24. The van der Waals surface area contributed by atoms with E-state index in [4.69, 9.17) is 5.73 Å². The maximum atomic E-state index is 5.80. The maximum absolute atomic E-state index is 5.80. The molecule has 0 saturated carbocycles. The average Bonchev–Trinajstić information content (AvgIpc) is 2.46. The molecule has 0 aromatic carbocycles. The molecular formula is C14H17BrN4. The number of anilines is 1. The molecule has 0 aliphatic rings. The van der Waals surface area contributed by atoms with Crippen LogP contribution < -0.4 is 10.6 Å². The molecule has 0 bridgehead atoms. The number of hydrogen-bond donors (Lipinski definition) is 1. The smallest absolute Gasteiger partial charge is 0.133 e. The summed E-state index contributed by atoms with van der Waals surface area (Å²) in [4.78, 5) is 11.0. The summed E-state index contributed by atoms with van der Waals surface area (Å²) in [6.07, 6.45) is 3.61. The van der Waals surface area contributed by atoms with Gasteiger partial charge in [0.2, 0.25) is 0 Å². The molecule has 100 valence electrons. The van der Waals surface area contributed by atoms with Crippen LogP contribution in [0.25, 0.3) is 0 Å². The molecule has 0 saturated heterocycles. The van der Waals surface area contributed by atoms with E-state index in [0.717, 1.165) is 34.6 Å². The van der Waals surface area contributed by atoms with Gasteiger partial charge >= 0.3 is 0 Å². The van der Waals surface area contributed by atoms with E-state index >= 15 is 0 Å². The lowest BCUT2D eigenvalue weighted by atomic mass is 10.2. The van der Waals surface area contributed by atoms with Crippen molar-refractivity contribution in [3.8, 4) is 0 Å². The van der Waals surface area contributed by atoms with Crippen LogP contribution in [0.1, 0.15) is 18.2 Å². The Bertz CT molecular complexity index is 530. The van der Waals surface area contributed by atoms with Crippen molar-refractivity contribution in [2.45, 2.75) is 20.0 Å². The van der Waals surface area contributed by atoms with Gasteiger partial charge in [-0.3, -0.25) is 4.98 Å². The fraction of sp³-hybridized carbons (Fsp3) is 0.286. The van der Waals surface area contributed by atoms with E-state index in [2.05, 4.69) is 37.7 Å². The van der Waals surface area contributed by atoms with Crippen LogP contribution in [0, 0.1) is 0 Å². The molecule has 2 N–H and O–H groups in total. The third kappa shape index (κ3) is 3.52. The van der Waals surface area contributed by atoms with E-state index in [9.17, 15) is 0 Å². The number of halogens is 1. The van der Waals surface area contributed by atoms with E-state index in [1.165, 1.54) is 0 Å². The molecule has 5 heteroatoms. The van der Waals surface area contributed by atoms with Crippen molar-refractivity contribution < 1.29 is 0 Å². The number of nitrogens with zero attached hydrogens (tertiary/aromatic N) is 3. The van der Waals surface area contributed by atoms with E-state index in [1.54, 1.807) is 6.20 Å². The highest BCUT2D eigenvalue weighted by molar-refractivity contribution is 9.10. The van der Waals surface area contributed by atoms with Gasteiger partial charge in [-0.2, -0.15) is 0 Å². The van der Waals surface area contributed by atoms with Crippen molar-refractivity contribution in [2.24, 2.45) is 5.73 Å². The Kier molecular flexibility index (Phi) is 4.87. The van der Waals surface area contributed by atoms with Crippen molar-refractivity contribution in [1.29, 1.82) is 0 Å². The number of pyridine rings is 2. The molecule has 0 fully saturated rings. The first kappa shape index (κ1) is 14.0. The minimum absolute atomic E-state index is 0.473. The highest BCUT2D eigenvalue weighted by Crippen LogP contribution is 2.22. The van der Waals surface area contributed by atoms with Gasteiger partial charge in [0, 0.05) is 35.5 Å². The summed E-state index contributed by atoms with van der Waals surface area (Å²) in [5.74, 6) is 0.929. The Hall–Kier alpha value is -1.46. The molecule has 0 atom stereocenters. The molecule has 0 unspecified atom stereocenters. The average molecular weight is 321 g/mol. The van der Waals surface area contributed by atoms with E-state index < -0.39 is 0 Å². The first-order valence-corrected chi connectivity index (χ1v) is 7.03. The van der Waals surface area contributed by atoms with Crippen LogP contribution in [-0.2, 0) is 13.1 Å². The molecule has 2 heterocycles. The largest absolute Gasteiger partial charge is 0.351 e. The number of nitrogens with two attached hydrogens (primary N) is 1. The fourth-order valence-electron chi connectivity index (χ4n) is 1.93.